The number of amides is 1. The fourth-order valence-electron chi connectivity index (χ4n) is 1.58. The molecule has 8 heteroatoms. The van der Waals surface area contributed by atoms with Crippen molar-refractivity contribution >= 4 is 23.2 Å². The lowest BCUT2D eigenvalue weighted by molar-refractivity contribution is -0.137. The number of aromatic nitrogens is 1. The van der Waals surface area contributed by atoms with Crippen molar-refractivity contribution in [2.24, 2.45) is 0 Å². The topological polar surface area (TPSA) is 42.0 Å². The minimum Gasteiger partial charge on any atom is -0.322 e. The van der Waals surface area contributed by atoms with Crippen molar-refractivity contribution in [1.82, 2.24) is 4.98 Å². The highest BCUT2D eigenvalue weighted by atomic mass is 35.5. The lowest BCUT2D eigenvalue weighted by Gasteiger charge is -2.11. The molecule has 1 N–H and O–H groups in total. The number of carbonyl (C=O) groups is 1. The van der Waals surface area contributed by atoms with Crippen molar-refractivity contribution < 1.29 is 22.4 Å². The molecule has 1 amide bonds. The Morgan fingerprint density at radius 2 is 1.95 bits per heavy atom. The number of nitrogens with one attached hydrogen (secondary N) is 1. The molecule has 0 aliphatic rings. The van der Waals surface area contributed by atoms with Gasteiger partial charge >= 0.3 is 6.18 Å². The van der Waals surface area contributed by atoms with Gasteiger partial charge in [0.15, 0.2) is 0 Å². The van der Waals surface area contributed by atoms with Gasteiger partial charge in [0, 0.05) is 16.9 Å². The van der Waals surface area contributed by atoms with Crippen molar-refractivity contribution in [2.45, 2.75) is 6.18 Å². The van der Waals surface area contributed by atoms with Gasteiger partial charge in [-0.15, -0.1) is 0 Å². The van der Waals surface area contributed by atoms with Crippen LogP contribution in [0.4, 0.5) is 23.2 Å². The van der Waals surface area contributed by atoms with Crippen LogP contribution in [0.1, 0.15) is 15.9 Å². The second kappa shape index (κ2) is 5.69. The van der Waals surface area contributed by atoms with Gasteiger partial charge in [0.25, 0.3) is 5.91 Å². The number of anilines is 1. The lowest BCUT2D eigenvalue weighted by atomic mass is 10.2. The summed E-state index contributed by atoms with van der Waals surface area (Å²) >= 11 is 5.58. The van der Waals surface area contributed by atoms with Gasteiger partial charge in [-0.3, -0.25) is 4.79 Å². The number of pyridine rings is 1. The largest absolute Gasteiger partial charge is 0.416 e. The normalized spacial score (nSPS) is 11.3. The summed E-state index contributed by atoms with van der Waals surface area (Å²) in [5, 5.41) is 1.95. The minimum atomic E-state index is -4.61. The average molecular weight is 319 g/mol. The smallest absolute Gasteiger partial charge is 0.322 e. The summed E-state index contributed by atoms with van der Waals surface area (Å²) in [6.45, 7) is 0. The summed E-state index contributed by atoms with van der Waals surface area (Å²) < 4.78 is 51.2. The summed E-state index contributed by atoms with van der Waals surface area (Å²) in [6.07, 6.45) is -3.46. The minimum absolute atomic E-state index is 0.192. The number of carbonyl (C=O) groups excluding carboxylic acids is 1. The van der Waals surface area contributed by atoms with Gasteiger partial charge in [-0.2, -0.15) is 17.6 Å². The first-order chi connectivity index (χ1) is 9.77. The quantitative estimate of drug-likeness (QED) is 0.668. The van der Waals surface area contributed by atoms with E-state index in [4.69, 9.17) is 11.6 Å². The fraction of sp³-hybridized carbons (Fsp3) is 0.0769. The van der Waals surface area contributed by atoms with Crippen LogP contribution in [-0.4, -0.2) is 10.9 Å². The van der Waals surface area contributed by atoms with E-state index < -0.39 is 23.6 Å². The Labute approximate surface area is 121 Å². The highest BCUT2D eigenvalue weighted by Crippen LogP contribution is 2.33. The molecule has 0 fully saturated rings. The first-order valence-electron chi connectivity index (χ1n) is 5.57. The standard InChI is InChI=1S/C13H7ClF4N2O/c14-8-4-7(13(16,17)18)5-9(6-8)20-12(21)10-2-1-3-19-11(10)15/h1-6H,(H,20,21). The van der Waals surface area contributed by atoms with E-state index in [1.165, 1.54) is 6.07 Å². The van der Waals surface area contributed by atoms with Crippen molar-refractivity contribution in [3.63, 3.8) is 0 Å². The first kappa shape index (κ1) is 15.2. The molecule has 2 rings (SSSR count). The number of benzene rings is 1. The number of hydrogen-bond donors (Lipinski definition) is 1. The molecule has 0 unspecified atom stereocenters. The van der Waals surface area contributed by atoms with Crippen LogP contribution in [0.15, 0.2) is 36.5 Å². The Morgan fingerprint density at radius 1 is 1.24 bits per heavy atom. The Bertz CT molecular complexity index is 688. The van der Waals surface area contributed by atoms with Gasteiger partial charge in [0.1, 0.15) is 0 Å². The van der Waals surface area contributed by atoms with Crippen LogP contribution in [0.3, 0.4) is 0 Å². The predicted molar refractivity (Wildman–Crippen MR) is 68.6 cm³/mol. The van der Waals surface area contributed by atoms with Crippen molar-refractivity contribution in [3.05, 3.63) is 58.6 Å². The number of hydrogen-bond acceptors (Lipinski definition) is 2. The van der Waals surface area contributed by atoms with Crippen LogP contribution in [0.25, 0.3) is 0 Å². The summed E-state index contributed by atoms with van der Waals surface area (Å²) in [6, 6.07) is 5.05. The zero-order chi connectivity index (χ0) is 15.6. The van der Waals surface area contributed by atoms with Crippen LogP contribution >= 0.6 is 11.6 Å². The number of halogens is 5. The third kappa shape index (κ3) is 3.69. The van der Waals surface area contributed by atoms with Gasteiger partial charge in [0.2, 0.25) is 5.95 Å². The van der Waals surface area contributed by atoms with E-state index >= 15 is 0 Å². The lowest BCUT2D eigenvalue weighted by Crippen LogP contribution is -2.15. The molecule has 21 heavy (non-hydrogen) atoms. The first-order valence-corrected chi connectivity index (χ1v) is 5.95. The molecule has 110 valence electrons. The van der Waals surface area contributed by atoms with E-state index in [2.05, 4.69) is 10.3 Å². The average Bonchev–Trinajstić information content (AvgIpc) is 2.37. The zero-order valence-electron chi connectivity index (χ0n) is 10.2. The van der Waals surface area contributed by atoms with E-state index in [0.29, 0.717) is 6.07 Å². The van der Waals surface area contributed by atoms with Crippen LogP contribution in [0.5, 0.6) is 0 Å². The molecular weight excluding hydrogens is 312 g/mol. The molecule has 0 saturated carbocycles. The van der Waals surface area contributed by atoms with Gasteiger partial charge in [-0.05, 0) is 30.3 Å². The number of rotatable bonds is 2. The van der Waals surface area contributed by atoms with Crippen molar-refractivity contribution in [3.8, 4) is 0 Å². The summed E-state index contributed by atoms with van der Waals surface area (Å²) in [5.41, 5.74) is -1.59. The Kier molecular flexibility index (Phi) is 4.13. The molecule has 2 aromatic rings. The molecular formula is C13H7ClF4N2O. The molecule has 0 saturated heterocycles. The maximum absolute atomic E-state index is 13.3. The molecule has 0 atom stereocenters. The van der Waals surface area contributed by atoms with E-state index in [1.807, 2.05) is 0 Å². The molecule has 0 aliphatic heterocycles. The van der Waals surface area contributed by atoms with Gasteiger partial charge < -0.3 is 5.32 Å². The van der Waals surface area contributed by atoms with Crippen LogP contribution < -0.4 is 5.32 Å². The third-order valence-corrected chi connectivity index (χ3v) is 2.70. The fourth-order valence-corrected chi connectivity index (χ4v) is 1.81. The van der Waals surface area contributed by atoms with Gasteiger partial charge in [-0.1, -0.05) is 11.6 Å². The molecule has 1 aromatic heterocycles. The summed E-state index contributed by atoms with van der Waals surface area (Å²) in [4.78, 5) is 15.1. The Balaban J connectivity index is 2.30. The molecule has 0 radical (unpaired) electrons. The molecule has 1 aromatic carbocycles. The second-order valence-corrected chi connectivity index (χ2v) is 4.46. The second-order valence-electron chi connectivity index (χ2n) is 4.02. The SMILES string of the molecule is O=C(Nc1cc(Cl)cc(C(F)(F)F)c1)c1cccnc1F. The molecule has 3 nitrogen and oxygen atoms in total. The van der Waals surface area contributed by atoms with Crippen LogP contribution in [0.2, 0.25) is 5.02 Å². The highest BCUT2D eigenvalue weighted by molar-refractivity contribution is 6.31. The summed E-state index contributed by atoms with van der Waals surface area (Å²) in [7, 11) is 0. The molecule has 1 heterocycles. The maximum atomic E-state index is 13.3. The molecule has 0 bridgehead atoms. The van der Waals surface area contributed by atoms with Crippen molar-refractivity contribution in [2.75, 3.05) is 5.32 Å². The van der Waals surface area contributed by atoms with Gasteiger partial charge in [-0.25, -0.2) is 4.98 Å². The highest BCUT2D eigenvalue weighted by Gasteiger charge is 2.31. The third-order valence-electron chi connectivity index (χ3n) is 2.49. The van der Waals surface area contributed by atoms with Crippen molar-refractivity contribution in [1.29, 1.82) is 0 Å². The number of nitrogens with zero attached hydrogens (tertiary/aromatic N) is 1. The van der Waals surface area contributed by atoms with E-state index in [-0.39, 0.29) is 16.3 Å². The van der Waals surface area contributed by atoms with E-state index in [0.717, 1.165) is 24.4 Å². The zero-order valence-corrected chi connectivity index (χ0v) is 11.0. The van der Waals surface area contributed by atoms with Crippen LogP contribution in [-0.2, 0) is 6.18 Å². The maximum Gasteiger partial charge on any atom is 0.416 e. The molecule has 0 spiro atoms. The molecule has 0 aliphatic carbocycles. The number of alkyl halides is 3. The Morgan fingerprint density at radius 3 is 2.57 bits per heavy atom. The monoisotopic (exact) mass is 318 g/mol. The van der Waals surface area contributed by atoms with Crippen LogP contribution in [0, 0.1) is 5.95 Å². The van der Waals surface area contributed by atoms with Gasteiger partial charge in [0.05, 0.1) is 11.1 Å². The van der Waals surface area contributed by atoms with E-state index in [1.54, 1.807) is 0 Å². The summed E-state index contributed by atoms with van der Waals surface area (Å²) in [5.74, 6) is -1.94. The predicted octanol–water partition coefficient (Wildman–Crippen LogP) is 4.15. The van der Waals surface area contributed by atoms with E-state index in [9.17, 15) is 22.4 Å². The Hall–Kier alpha value is -2.15.